The van der Waals surface area contributed by atoms with Gasteiger partial charge in [0.15, 0.2) is 16.6 Å². The Morgan fingerprint density at radius 2 is 1.83 bits per heavy atom. The Kier molecular flexibility index (Phi) is 7.16. The lowest BCUT2D eigenvalue weighted by Gasteiger charge is -2.29. The second kappa shape index (κ2) is 10.4. The number of aryl methyl sites for hydroxylation is 1. The number of hydrogen-bond acceptors (Lipinski definition) is 7. The Bertz CT molecular complexity index is 1380. The molecule has 0 aliphatic carbocycles. The molecule has 0 unspecified atom stereocenters. The molecule has 2 aromatic carbocycles. The van der Waals surface area contributed by atoms with Crippen LogP contribution in [0.25, 0.3) is 6.08 Å². The van der Waals surface area contributed by atoms with Crippen LogP contribution in [0.5, 0.6) is 11.5 Å². The first-order chi connectivity index (χ1) is 17.3. The molecule has 2 heterocycles. The number of thiocarbonyl (C=S) groups is 1. The van der Waals surface area contributed by atoms with E-state index in [0.717, 1.165) is 5.56 Å². The predicted octanol–water partition coefficient (Wildman–Crippen LogP) is 4.10. The van der Waals surface area contributed by atoms with Gasteiger partial charge in [-0.25, -0.2) is 4.79 Å². The van der Waals surface area contributed by atoms with Crippen LogP contribution in [0, 0.1) is 6.92 Å². The van der Waals surface area contributed by atoms with Gasteiger partial charge in [0, 0.05) is 0 Å². The third kappa shape index (κ3) is 5.28. The van der Waals surface area contributed by atoms with Gasteiger partial charge in [-0.15, -0.1) is 0 Å². The third-order valence-corrected chi connectivity index (χ3v) is 5.50. The van der Waals surface area contributed by atoms with Crippen LogP contribution >= 0.6 is 12.2 Å². The molecular weight excluding hydrogens is 484 g/mol. The molecule has 0 saturated carbocycles. The van der Waals surface area contributed by atoms with Crippen molar-refractivity contribution >= 4 is 46.9 Å². The first-order valence-electron chi connectivity index (χ1n) is 11.0. The smallest absolute Gasteiger partial charge is 0.371 e. The van der Waals surface area contributed by atoms with E-state index in [9.17, 15) is 14.4 Å². The molecule has 3 aromatic rings. The quantitative estimate of drug-likeness (QED) is 0.266. The predicted molar refractivity (Wildman–Crippen MR) is 135 cm³/mol. The van der Waals surface area contributed by atoms with Gasteiger partial charge in [-0.1, -0.05) is 23.8 Å². The molecule has 1 aliphatic rings. The van der Waals surface area contributed by atoms with Gasteiger partial charge in [0.05, 0.1) is 12.3 Å². The number of carboxylic acid groups (broad SMARTS) is 1. The normalized spacial score (nSPS) is 14.7. The van der Waals surface area contributed by atoms with Gasteiger partial charge in [-0.3, -0.25) is 19.8 Å². The van der Waals surface area contributed by atoms with Crippen LogP contribution in [0.2, 0.25) is 0 Å². The highest BCUT2D eigenvalue weighted by molar-refractivity contribution is 7.80. The molecule has 1 fully saturated rings. The first kappa shape index (κ1) is 24.7. The van der Waals surface area contributed by atoms with Crippen LogP contribution in [-0.2, 0) is 16.2 Å². The highest BCUT2D eigenvalue weighted by Crippen LogP contribution is 2.31. The number of rotatable bonds is 8. The SMILES string of the molecule is CCOc1cc(C=C2C(=O)NC(=S)N(c3ccc(C)cc3)C2=O)ccc1OCc1ccc(C(=O)O)o1. The van der Waals surface area contributed by atoms with Crippen molar-refractivity contribution in [1.29, 1.82) is 0 Å². The lowest BCUT2D eigenvalue weighted by Crippen LogP contribution is -2.54. The van der Waals surface area contributed by atoms with Crippen molar-refractivity contribution in [3.8, 4) is 11.5 Å². The maximum absolute atomic E-state index is 13.2. The number of ether oxygens (including phenoxy) is 2. The molecule has 0 atom stereocenters. The fraction of sp³-hybridized carbons (Fsp3) is 0.154. The van der Waals surface area contributed by atoms with Crippen LogP contribution in [0.15, 0.2) is 64.6 Å². The van der Waals surface area contributed by atoms with Crippen molar-refractivity contribution < 1.29 is 33.4 Å². The van der Waals surface area contributed by atoms with E-state index in [1.807, 2.05) is 19.1 Å². The van der Waals surface area contributed by atoms with Gasteiger partial charge >= 0.3 is 5.97 Å². The Balaban J connectivity index is 1.59. The van der Waals surface area contributed by atoms with E-state index in [4.69, 9.17) is 31.2 Å². The number of anilines is 1. The van der Waals surface area contributed by atoms with E-state index in [1.165, 1.54) is 23.1 Å². The van der Waals surface area contributed by atoms with Gasteiger partial charge in [0.2, 0.25) is 5.76 Å². The number of carbonyl (C=O) groups excluding carboxylic acids is 2. The highest BCUT2D eigenvalue weighted by atomic mass is 32.1. The summed E-state index contributed by atoms with van der Waals surface area (Å²) in [6.07, 6.45) is 1.46. The minimum Gasteiger partial charge on any atom is -0.490 e. The number of carboxylic acids is 1. The van der Waals surface area contributed by atoms with Crippen LogP contribution in [-0.4, -0.2) is 34.6 Å². The summed E-state index contributed by atoms with van der Waals surface area (Å²) in [5.41, 5.74) is 2.02. The fourth-order valence-electron chi connectivity index (χ4n) is 3.47. The van der Waals surface area contributed by atoms with Crippen molar-refractivity contribution in [3.63, 3.8) is 0 Å². The number of benzene rings is 2. The van der Waals surface area contributed by atoms with Crippen LogP contribution in [0.3, 0.4) is 0 Å². The van der Waals surface area contributed by atoms with Gasteiger partial charge in [-0.05, 0) is 74.1 Å². The summed E-state index contributed by atoms with van der Waals surface area (Å²) in [6, 6.07) is 15.0. The molecule has 2 amide bonds. The molecule has 1 aliphatic heterocycles. The summed E-state index contributed by atoms with van der Waals surface area (Å²) in [5.74, 6) is -1.40. The van der Waals surface area contributed by atoms with E-state index >= 15 is 0 Å². The van der Waals surface area contributed by atoms with Crippen LogP contribution in [0.4, 0.5) is 5.69 Å². The summed E-state index contributed by atoms with van der Waals surface area (Å²) in [6.45, 7) is 4.06. The summed E-state index contributed by atoms with van der Waals surface area (Å²) in [7, 11) is 0. The monoisotopic (exact) mass is 506 g/mol. The van der Waals surface area contributed by atoms with Crippen molar-refractivity contribution in [2.24, 2.45) is 0 Å². The summed E-state index contributed by atoms with van der Waals surface area (Å²) in [5, 5.41) is 11.6. The summed E-state index contributed by atoms with van der Waals surface area (Å²) >= 11 is 5.24. The van der Waals surface area contributed by atoms with E-state index in [1.54, 1.807) is 37.3 Å². The van der Waals surface area contributed by atoms with Crippen molar-refractivity contribution in [2.45, 2.75) is 20.5 Å². The number of nitrogens with one attached hydrogen (secondary N) is 1. The van der Waals surface area contributed by atoms with Crippen LogP contribution in [0.1, 0.15) is 34.4 Å². The van der Waals surface area contributed by atoms with Gasteiger partial charge in [0.1, 0.15) is 17.9 Å². The Morgan fingerprint density at radius 1 is 1.08 bits per heavy atom. The second-order valence-electron chi connectivity index (χ2n) is 7.79. The molecule has 1 aromatic heterocycles. The second-order valence-corrected chi connectivity index (χ2v) is 8.18. The zero-order chi connectivity index (χ0) is 25.8. The topological polar surface area (TPSA) is 118 Å². The zero-order valence-corrected chi connectivity index (χ0v) is 20.3. The number of hydrogen-bond donors (Lipinski definition) is 2. The van der Waals surface area contributed by atoms with Crippen molar-refractivity contribution in [2.75, 3.05) is 11.5 Å². The average Bonchev–Trinajstić information content (AvgIpc) is 3.32. The first-order valence-corrected chi connectivity index (χ1v) is 11.4. The summed E-state index contributed by atoms with van der Waals surface area (Å²) < 4.78 is 16.6. The molecule has 36 heavy (non-hydrogen) atoms. The largest absolute Gasteiger partial charge is 0.490 e. The number of amides is 2. The lowest BCUT2D eigenvalue weighted by atomic mass is 10.1. The number of nitrogens with zero attached hydrogens (tertiary/aromatic N) is 1. The molecule has 10 heteroatoms. The molecule has 4 rings (SSSR count). The molecule has 2 N–H and O–H groups in total. The zero-order valence-electron chi connectivity index (χ0n) is 19.4. The molecular formula is C26H22N2O7S. The highest BCUT2D eigenvalue weighted by Gasteiger charge is 2.34. The molecule has 0 spiro atoms. The number of aromatic carboxylic acids is 1. The number of furan rings is 1. The standard InChI is InChI=1S/C26H22N2O7S/c1-3-33-22-13-16(6-10-20(22)34-14-18-9-11-21(35-18)25(31)32)12-19-23(29)27-26(36)28(24(19)30)17-7-4-15(2)5-8-17/h4-13H,3,14H2,1-2H3,(H,31,32)(H,27,29,36). The molecule has 184 valence electrons. The molecule has 0 radical (unpaired) electrons. The Morgan fingerprint density at radius 3 is 2.50 bits per heavy atom. The number of carbonyl (C=O) groups is 3. The van der Waals surface area contributed by atoms with Crippen molar-refractivity contribution in [3.05, 3.63) is 82.8 Å². The lowest BCUT2D eigenvalue weighted by molar-refractivity contribution is -0.122. The van der Waals surface area contributed by atoms with Gasteiger partial charge in [-0.2, -0.15) is 0 Å². The minimum absolute atomic E-state index is 0.00809. The van der Waals surface area contributed by atoms with E-state index < -0.39 is 17.8 Å². The third-order valence-electron chi connectivity index (χ3n) is 5.21. The molecule has 9 nitrogen and oxygen atoms in total. The maximum atomic E-state index is 13.2. The average molecular weight is 507 g/mol. The van der Waals surface area contributed by atoms with Crippen LogP contribution < -0.4 is 19.7 Å². The van der Waals surface area contributed by atoms with Crippen molar-refractivity contribution in [1.82, 2.24) is 5.32 Å². The maximum Gasteiger partial charge on any atom is 0.371 e. The Labute approximate surface area is 211 Å². The van der Waals surface area contributed by atoms with E-state index in [-0.39, 0.29) is 23.1 Å². The Hall–Kier alpha value is -4.44. The summed E-state index contributed by atoms with van der Waals surface area (Å²) in [4.78, 5) is 38.1. The van der Waals surface area contributed by atoms with E-state index in [2.05, 4.69) is 5.32 Å². The van der Waals surface area contributed by atoms with Gasteiger partial charge in [0.25, 0.3) is 11.8 Å². The molecule has 0 bridgehead atoms. The van der Waals surface area contributed by atoms with Gasteiger partial charge < -0.3 is 19.0 Å². The van der Waals surface area contributed by atoms with E-state index in [0.29, 0.717) is 35.1 Å². The minimum atomic E-state index is -1.17. The fourth-order valence-corrected chi connectivity index (χ4v) is 3.75. The molecule has 1 saturated heterocycles.